The first kappa shape index (κ1) is 13.1. The van der Waals surface area contributed by atoms with Gasteiger partial charge in [-0.3, -0.25) is 0 Å². The lowest BCUT2D eigenvalue weighted by Gasteiger charge is -2.04. The second kappa shape index (κ2) is 5.32. The molecule has 0 unspecified atom stereocenters. The second-order valence-corrected chi connectivity index (χ2v) is 5.62. The zero-order valence-electron chi connectivity index (χ0n) is 11.8. The second-order valence-electron chi connectivity index (χ2n) is 5.18. The summed E-state index contributed by atoms with van der Waals surface area (Å²) >= 11 is 5.93. The standard InChI is InChI=1S/C19H13ClN2/c20-17-8-5-15(6-9-17)19-11-12-22(21-19)18-10-7-14-3-1-2-4-16(14)13-18/h1-13H. The van der Waals surface area contributed by atoms with Gasteiger partial charge in [0.2, 0.25) is 0 Å². The van der Waals surface area contributed by atoms with Gasteiger partial charge in [0.25, 0.3) is 0 Å². The molecule has 0 fully saturated rings. The molecule has 1 heterocycles. The predicted octanol–water partition coefficient (Wildman–Crippen LogP) is 5.35. The molecular weight excluding hydrogens is 292 g/mol. The van der Waals surface area contributed by atoms with Gasteiger partial charge in [-0.2, -0.15) is 5.10 Å². The van der Waals surface area contributed by atoms with Crippen LogP contribution in [0.5, 0.6) is 0 Å². The molecule has 3 aromatic carbocycles. The quantitative estimate of drug-likeness (QED) is 0.488. The van der Waals surface area contributed by atoms with E-state index in [1.54, 1.807) is 0 Å². The Hall–Kier alpha value is -2.58. The lowest BCUT2D eigenvalue weighted by molar-refractivity contribution is 0.886. The monoisotopic (exact) mass is 304 g/mol. The fourth-order valence-electron chi connectivity index (χ4n) is 2.56. The molecule has 0 radical (unpaired) electrons. The predicted molar refractivity (Wildman–Crippen MR) is 91.5 cm³/mol. The third-order valence-electron chi connectivity index (χ3n) is 3.73. The zero-order valence-corrected chi connectivity index (χ0v) is 12.5. The fraction of sp³-hybridized carbons (Fsp3) is 0. The molecule has 4 rings (SSSR count). The highest BCUT2D eigenvalue weighted by Crippen LogP contribution is 2.22. The van der Waals surface area contributed by atoms with Crippen molar-refractivity contribution in [3.8, 4) is 16.9 Å². The van der Waals surface area contributed by atoms with Crippen molar-refractivity contribution in [3.05, 3.63) is 84.0 Å². The van der Waals surface area contributed by atoms with Gasteiger partial charge >= 0.3 is 0 Å². The van der Waals surface area contributed by atoms with Gasteiger partial charge in [0.1, 0.15) is 0 Å². The summed E-state index contributed by atoms with van der Waals surface area (Å²) in [7, 11) is 0. The summed E-state index contributed by atoms with van der Waals surface area (Å²) in [6.45, 7) is 0. The first-order chi connectivity index (χ1) is 10.8. The third-order valence-corrected chi connectivity index (χ3v) is 3.98. The van der Waals surface area contributed by atoms with Crippen molar-refractivity contribution in [3.63, 3.8) is 0 Å². The van der Waals surface area contributed by atoms with Crippen LogP contribution in [-0.4, -0.2) is 9.78 Å². The Bertz CT molecular complexity index is 939. The molecule has 1 aromatic heterocycles. The van der Waals surface area contributed by atoms with Crippen LogP contribution in [0.15, 0.2) is 79.0 Å². The molecule has 4 aromatic rings. The Kier molecular flexibility index (Phi) is 3.17. The minimum absolute atomic E-state index is 0.734. The fourth-order valence-corrected chi connectivity index (χ4v) is 2.69. The molecule has 0 saturated heterocycles. The van der Waals surface area contributed by atoms with Crippen molar-refractivity contribution in [1.82, 2.24) is 9.78 Å². The zero-order chi connectivity index (χ0) is 14.9. The van der Waals surface area contributed by atoms with Crippen LogP contribution in [-0.2, 0) is 0 Å². The highest BCUT2D eigenvalue weighted by atomic mass is 35.5. The highest BCUT2D eigenvalue weighted by Gasteiger charge is 2.04. The van der Waals surface area contributed by atoms with E-state index in [1.807, 2.05) is 47.3 Å². The molecule has 0 amide bonds. The Morgan fingerprint density at radius 3 is 2.36 bits per heavy atom. The molecule has 0 N–H and O–H groups in total. The van der Waals surface area contributed by atoms with Gasteiger partial charge in [-0.25, -0.2) is 4.68 Å². The maximum absolute atomic E-state index is 5.93. The van der Waals surface area contributed by atoms with Gasteiger partial charge in [-0.15, -0.1) is 0 Å². The molecule has 22 heavy (non-hydrogen) atoms. The number of nitrogens with zero attached hydrogens (tertiary/aromatic N) is 2. The van der Waals surface area contributed by atoms with E-state index in [-0.39, 0.29) is 0 Å². The van der Waals surface area contributed by atoms with Crippen LogP contribution in [0, 0.1) is 0 Å². The Labute approximate surface area is 133 Å². The van der Waals surface area contributed by atoms with Crippen molar-refractivity contribution in [2.75, 3.05) is 0 Å². The maximum atomic E-state index is 5.93. The molecule has 0 bridgehead atoms. The Morgan fingerprint density at radius 2 is 1.55 bits per heavy atom. The summed E-state index contributed by atoms with van der Waals surface area (Å²) in [5.74, 6) is 0. The first-order valence-electron chi connectivity index (χ1n) is 7.10. The molecule has 0 spiro atoms. The average Bonchev–Trinajstić information content (AvgIpc) is 3.05. The number of hydrogen-bond acceptors (Lipinski definition) is 1. The van der Waals surface area contributed by atoms with E-state index in [9.17, 15) is 0 Å². The minimum atomic E-state index is 0.734. The molecule has 0 aliphatic carbocycles. The van der Waals surface area contributed by atoms with E-state index in [0.717, 1.165) is 22.0 Å². The van der Waals surface area contributed by atoms with Crippen LogP contribution in [0.4, 0.5) is 0 Å². The first-order valence-corrected chi connectivity index (χ1v) is 7.48. The Balaban J connectivity index is 1.74. The van der Waals surface area contributed by atoms with Crippen molar-refractivity contribution >= 4 is 22.4 Å². The summed E-state index contributed by atoms with van der Waals surface area (Å²) < 4.78 is 1.90. The SMILES string of the molecule is Clc1ccc(-c2ccn(-c3ccc4ccccc4c3)n2)cc1. The largest absolute Gasteiger partial charge is 0.240 e. The van der Waals surface area contributed by atoms with Gasteiger partial charge in [0.15, 0.2) is 0 Å². The van der Waals surface area contributed by atoms with E-state index < -0.39 is 0 Å². The number of rotatable bonds is 2. The summed E-state index contributed by atoms with van der Waals surface area (Å²) in [6.07, 6.45) is 1.98. The normalized spacial score (nSPS) is 11.0. The van der Waals surface area contributed by atoms with E-state index >= 15 is 0 Å². The summed E-state index contributed by atoms with van der Waals surface area (Å²) in [4.78, 5) is 0. The van der Waals surface area contributed by atoms with Crippen molar-refractivity contribution in [2.24, 2.45) is 0 Å². The van der Waals surface area contributed by atoms with Crippen LogP contribution in [0.3, 0.4) is 0 Å². The van der Waals surface area contributed by atoms with Gasteiger partial charge in [0.05, 0.1) is 11.4 Å². The van der Waals surface area contributed by atoms with Gasteiger partial charge in [0, 0.05) is 16.8 Å². The molecule has 106 valence electrons. The number of benzene rings is 3. The molecule has 0 aliphatic heterocycles. The lowest BCUT2D eigenvalue weighted by Crippen LogP contribution is -1.94. The van der Waals surface area contributed by atoms with E-state index in [2.05, 4.69) is 41.5 Å². The topological polar surface area (TPSA) is 17.8 Å². The molecule has 2 nitrogen and oxygen atoms in total. The summed E-state index contributed by atoms with van der Waals surface area (Å²) in [5, 5.41) is 7.84. The number of hydrogen-bond donors (Lipinski definition) is 0. The van der Waals surface area contributed by atoms with Gasteiger partial charge in [-0.05, 0) is 41.1 Å². The molecule has 3 heteroatoms. The maximum Gasteiger partial charge on any atom is 0.0927 e. The van der Waals surface area contributed by atoms with Crippen LogP contribution in [0.25, 0.3) is 27.7 Å². The van der Waals surface area contributed by atoms with E-state index in [0.29, 0.717) is 0 Å². The lowest BCUT2D eigenvalue weighted by atomic mass is 10.1. The van der Waals surface area contributed by atoms with Crippen molar-refractivity contribution in [2.45, 2.75) is 0 Å². The molecule has 0 aliphatic rings. The molecule has 0 saturated carbocycles. The van der Waals surface area contributed by atoms with Crippen LogP contribution < -0.4 is 0 Å². The van der Waals surface area contributed by atoms with Crippen LogP contribution >= 0.6 is 11.6 Å². The molecule has 0 atom stereocenters. The minimum Gasteiger partial charge on any atom is -0.240 e. The van der Waals surface area contributed by atoms with Crippen LogP contribution in [0.2, 0.25) is 5.02 Å². The number of fused-ring (bicyclic) bond motifs is 1. The van der Waals surface area contributed by atoms with E-state index in [4.69, 9.17) is 11.6 Å². The highest BCUT2D eigenvalue weighted by molar-refractivity contribution is 6.30. The number of aromatic nitrogens is 2. The average molecular weight is 305 g/mol. The summed E-state index contributed by atoms with van der Waals surface area (Å²) in [5.41, 5.74) is 3.05. The number of halogens is 1. The molecular formula is C19H13ClN2. The summed E-state index contributed by atoms with van der Waals surface area (Å²) in [6, 6.07) is 24.4. The third kappa shape index (κ3) is 2.38. The smallest absolute Gasteiger partial charge is 0.0927 e. The van der Waals surface area contributed by atoms with Gasteiger partial charge < -0.3 is 0 Å². The van der Waals surface area contributed by atoms with Crippen molar-refractivity contribution in [1.29, 1.82) is 0 Å². The Morgan fingerprint density at radius 1 is 0.773 bits per heavy atom. The van der Waals surface area contributed by atoms with E-state index in [1.165, 1.54) is 10.8 Å². The van der Waals surface area contributed by atoms with Gasteiger partial charge in [-0.1, -0.05) is 54.1 Å². The van der Waals surface area contributed by atoms with Crippen LogP contribution in [0.1, 0.15) is 0 Å². The van der Waals surface area contributed by atoms with Crippen molar-refractivity contribution < 1.29 is 0 Å².